The Morgan fingerprint density at radius 3 is 2.37 bits per heavy atom. The van der Waals surface area contributed by atoms with E-state index < -0.39 is 5.91 Å². The van der Waals surface area contributed by atoms with E-state index in [-0.39, 0.29) is 29.4 Å². The van der Waals surface area contributed by atoms with Gasteiger partial charge in [-0.2, -0.15) is 5.01 Å². The average molecular weight is 260 g/mol. The quantitative estimate of drug-likeness (QED) is 0.632. The Balaban J connectivity index is 1.77. The summed E-state index contributed by atoms with van der Waals surface area (Å²) in [7, 11) is 0. The highest BCUT2D eigenvalue weighted by atomic mass is 16.3. The van der Waals surface area contributed by atoms with Gasteiger partial charge in [0.15, 0.2) is 5.76 Å². The highest BCUT2D eigenvalue weighted by Gasteiger charge is 2.48. The second-order valence-corrected chi connectivity index (χ2v) is 4.59. The fourth-order valence-corrected chi connectivity index (χ4v) is 2.47. The van der Waals surface area contributed by atoms with Crippen molar-refractivity contribution in [3.63, 3.8) is 0 Å². The third-order valence-corrected chi connectivity index (χ3v) is 3.47. The largest absolute Gasteiger partial charge is 0.459 e. The molecule has 0 unspecified atom stereocenters. The monoisotopic (exact) mass is 260 g/mol. The highest BCUT2D eigenvalue weighted by Crippen LogP contribution is 2.34. The van der Waals surface area contributed by atoms with Crippen LogP contribution in [0, 0.1) is 11.8 Å². The van der Waals surface area contributed by atoms with Gasteiger partial charge in [0.05, 0.1) is 18.1 Å². The van der Waals surface area contributed by atoms with Crippen LogP contribution >= 0.6 is 0 Å². The molecule has 19 heavy (non-hydrogen) atoms. The van der Waals surface area contributed by atoms with Gasteiger partial charge >= 0.3 is 5.91 Å². The summed E-state index contributed by atoms with van der Waals surface area (Å²) in [6, 6.07) is 3.03. The van der Waals surface area contributed by atoms with Crippen molar-refractivity contribution in [1.29, 1.82) is 0 Å². The van der Waals surface area contributed by atoms with Gasteiger partial charge in [0.1, 0.15) is 0 Å². The second-order valence-electron chi connectivity index (χ2n) is 4.59. The molecule has 0 radical (unpaired) electrons. The Bertz CT molecular complexity index is 535. The molecule has 0 spiro atoms. The van der Waals surface area contributed by atoms with Crippen LogP contribution in [0.4, 0.5) is 0 Å². The molecule has 1 N–H and O–H groups in total. The predicted molar refractivity (Wildman–Crippen MR) is 63.4 cm³/mol. The van der Waals surface area contributed by atoms with Crippen LogP contribution in [0.2, 0.25) is 0 Å². The molecule has 2 aliphatic rings. The first-order chi connectivity index (χ1) is 9.18. The van der Waals surface area contributed by atoms with Gasteiger partial charge in [-0.3, -0.25) is 19.8 Å². The summed E-state index contributed by atoms with van der Waals surface area (Å²) in [5.74, 6) is -1.94. The molecular weight excluding hydrogens is 248 g/mol. The maximum Gasteiger partial charge on any atom is 0.305 e. The Labute approximate surface area is 109 Å². The summed E-state index contributed by atoms with van der Waals surface area (Å²) in [4.78, 5) is 36.0. The van der Waals surface area contributed by atoms with E-state index in [1.807, 2.05) is 12.2 Å². The average Bonchev–Trinajstić information content (AvgIpc) is 3.03. The SMILES string of the molecule is O=C(NN1C(=O)[C@@H]2CC=CC[C@H]2C1=O)c1ccco1. The third kappa shape index (κ3) is 1.85. The molecular formula is C13H12N2O4. The molecule has 6 heteroatoms. The lowest BCUT2D eigenvalue weighted by Crippen LogP contribution is -2.46. The summed E-state index contributed by atoms with van der Waals surface area (Å²) in [6.07, 6.45) is 6.23. The summed E-state index contributed by atoms with van der Waals surface area (Å²) < 4.78 is 4.92. The molecule has 2 heterocycles. The zero-order chi connectivity index (χ0) is 13.4. The van der Waals surface area contributed by atoms with Gasteiger partial charge in [0.2, 0.25) is 0 Å². The van der Waals surface area contributed by atoms with E-state index in [4.69, 9.17) is 4.42 Å². The lowest BCUT2D eigenvalue weighted by molar-refractivity contribution is -0.142. The Kier molecular flexibility index (Phi) is 2.70. The van der Waals surface area contributed by atoms with Gasteiger partial charge in [-0.25, -0.2) is 0 Å². The van der Waals surface area contributed by atoms with E-state index in [0.29, 0.717) is 12.8 Å². The van der Waals surface area contributed by atoms with Crippen LogP contribution in [0.25, 0.3) is 0 Å². The van der Waals surface area contributed by atoms with Gasteiger partial charge in [-0.1, -0.05) is 12.2 Å². The smallest absolute Gasteiger partial charge is 0.305 e. The number of allylic oxidation sites excluding steroid dienone is 2. The number of nitrogens with zero attached hydrogens (tertiary/aromatic N) is 1. The fraction of sp³-hybridized carbons (Fsp3) is 0.308. The number of hydrazine groups is 1. The summed E-state index contributed by atoms with van der Waals surface area (Å²) >= 11 is 0. The molecule has 1 aliphatic heterocycles. The van der Waals surface area contributed by atoms with E-state index >= 15 is 0 Å². The maximum atomic E-state index is 12.1. The van der Waals surface area contributed by atoms with Gasteiger partial charge < -0.3 is 4.42 Å². The first-order valence-electron chi connectivity index (χ1n) is 6.06. The molecule has 0 saturated carbocycles. The number of imide groups is 1. The zero-order valence-electron chi connectivity index (χ0n) is 10.0. The lowest BCUT2D eigenvalue weighted by Gasteiger charge is -2.14. The van der Waals surface area contributed by atoms with E-state index in [2.05, 4.69) is 5.43 Å². The number of furan rings is 1. The number of carbonyl (C=O) groups excluding carboxylic acids is 3. The van der Waals surface area contributed by atoms with E-state index in [1.54, 1.807) is 6.07 Å². The van der Waals surface area contributed by atoms with Crippen molar-refractivity contribution >= 4 is 17.7 Å². The van der Waals surface area contributed by atoms with Crippen molar-refractivity contribution in [2.75, 3.05) is 0 Å². The highest BCUT2D eigenvalue weighted by molar-refractivity contribution is 6.07. The molecule has 1 aromatic heterocycles. The van der Waals surface area contributed by atoms with Crippen LogP contribution in [0.1, 0.15) is 23.4 Å². The van der Waals surface area contributed by atoms with Gasteiger partial charge in [0, 0.05) is 0 Å². The molecule has 98 valence electrons. The van der Waals surface area contributed by atoms with Gasteiger partial charge in [-0.05, 0) is 25.0 Å². The summed E-state index contributed by atoms with van der Waals surface area (Å²) in [6.45, 7) is 0. The van der Waals surface area contributed by atoms with Gasteiger partial charge in [-0.15, -0.1) is 0 Å². The minimum atomic E-state index is -0.599. The van der Waals surface area contributed by atoms with Crippen LogP contribution < -0.4 is 5.43 Å². The molecule has 0 bridgehead atoms. The molecule has 3 rings (SSSR count). The van der Waals surface area contributed by atoms with Crippen LogP contribution in [0.3, 0.4) is 0 Å². The van der Waals surface area contributed by atoms with Crippen molar-refractivity contribution in [2.45, 2.75) is 12.8 Å². The second kappa shape index (κ2) is 4.38. The van der Waals surface area contributed by atoms with Crippen molar-refractivity contribution in [3.8, 4) is 0 Å². The molecule has 0 aromatic carbocycles. The number of fused-ring (bicyclic) bond motifs is 1. The number of carbonyl (C=O) groups is 3. The fourth-order valence-electron chi connectivity index (χ4n) is 2.47. The molecule has 1 aliphatic carbocycles. The van der Waals surface area contributed by atoms with E-state index in [9.17, 15) is 14.4 Å². The lowest BCUT2D eigenvalue weighted by atomic mass is 9.85. The van der Waals surface area contributed by atoms with Crippen molar-refractivity contribution in [1.82, 2.24) is 10.4 Å². The van der Waals surface area contributed by atoms with E-state index in [1.165, 1.54) is 12.3 Å². The maximum absolute atomic E-state index is 12.1. The number of hydrogen-bond acceptors (Lipinski definition) is 4. The van der Waals surface area contributed by atoms with Crippen molar-refractivity contribution in [3.05, 3.63) is 36.3 Å². The summed E-state index contributed by atoms with van der Waals surface area (Å²) in [5.41, 5.74) is 2.31. The minimum absolute atomic E-state index is 0.0635. The van der Waals surface area contributed by atoms with Crippen molar-refractivity contribution in [2.24, 2.45) is 11.8 Å². The van der Waals surface area contributed by atoms with Crippen LogP contribution in [-0.2, 0) is 9.59 Å². The van der Waals surface area contributed by atoms with Crippen molar-refractivity contribution < 1.29 is 18.8 Å². The van der Waals surface area contributed by atoms with E-state index in [0.717, 1.165) is 5.01 Å². The first kappa shape index (κ1) is 11.7. The van der Waals surface area contributed by atoms with Gasteiger partial charge in [0.25, 0.3) is 11.8 Å². The topological polar surface area (TPSA) is 79.6 Å². The molecule has 3 amide bonds. The minimum Gasteiger partial charge on any atom is -0.459 e. The third-order valence-electron chi connectivity index (χ3n) is 3.47. The molecule has 1 aromatic rings. The summed E-state index contributed by atoms with van der Waals surface area (Å²) in [5, 5.41) is 0.827. The Morgan fingerprint density at radius 2 is 1.84 bits per heavy atom. The molecule has 2 atom stereocenters. The number of amides is 3. The number of rotatable bonds is 2. The normalized spacial score (nSPS) is 25.6. The number of hydrogen-bond donors (Lipinski definition) is 1. The number of nitrogens with one attached hydrogen (secondary N) is 1. The van der Waals surface area contributed by atoms with Crippen LogP contribution in [0.5, 0.6) is 0 Å². The zero-order valence-corrected chi connectivity index (χ0v) is 10.0. The standard InChI is InChI=1S/C13H12N2O4/c16-11(10-6-3-7-19-10)14-15-12(17)8-4-1-2-5-9(8)13(15)18/h1-3,6-9H,4-5H2,(H,14,16)/t8-,9-/m1/s1. The Morgan fingerprint density at radius 1 is 1.21 bits per heavy atom. The molecule has 6 nitrogen and oxygen atoms in total. The Hall–Kier alpha value is -2.37. The first-order valence-corrected chi connectivity index (χ1v) is 6.06. The molecule has 1 fully saturated rings. The van der Waals surface area contributed by atoms with Crippen LogP contribution in [-0.4, -0.2) is 22.7 Å². The predicted octanol–water partition coefficient (Wildman–Crippen LogP) is 0.876. The molecule has 1 saturated heterocycles. The van der Waals surface area contributed by atoms with Crippen LogP contribution in [0.15, 0.2) is 35.0 Å².